The first-order valence-corrected chi connectivity index (χ1v) is 10.2. The fourth-order valence-electron chi connectivity index (χ4n) is 3.89. The van der Waals surface area contributed by atoms with Crippen LogP contribution in [0.2, 0.25) is 5.02 Å². The summed E-state index contributed by atoms with van der Waals surface area (Å²) < 4.78 is 15.5. The highest BCUT2D eigenvalue weighted by molar-refractivity contribution is 6.31. The van der Waals surface area contributed by atoms with Gasteiger partial charge in [0, 0.05) is 27.7 Å². The lowest BCUT2D eigenvalue weighted by Gasteiger charge is -2.14. The van der Waals surface area contributed by atoms with Gasteiger partial charge >= 0.3 is 5.97 Å². The largest absolute Gasteiger partial charge is 0.505 e. The molecule has 30 heavy (non-hydrogen) atoms. The van der Waals surface area contributed by atoms with Gasteiger partial charge in [0.1, 0.15) is 0 Å². The molecule has 0 aliphatic rings. The molecule has 0 spiro atoms. The number of nitrogens with zero attached hydrogens (tertiary/aromatic N) is 1. The Labute approximate surface area is 178 Å². The summed E-state index contributed by atoms with van der Waals surface area (Å²) in [6.45, 7) is 3.67. The summed E-state index contributed by atoms with van der Waals surface area (Å²) in [6, 6.07) is 8.62. The number of phenolic OH excluding ortho intramolecular Hbond substituents is 1. The highest BCUT2D eigenvalue weighted by Gasteiger charge is 2.30. The van der Waals surface area contributed by atoms with Gasteiger partial charge in [-0.25, -0.2) is 4.39 Å². The van der Waals surface area contributed by atoms with Gasteiger partial charge in [0.05, 0.1) is 11.4 Å². The van der Waals surface area contributed by atoms with Crippen LogP contribution in [-0.4, -0.2) is 26.7 Å². The second kappa shape index (κ2) is 8.88. The van der Waals surface area contributed by atoms with Crippen molar-refractivity contribution in [1.29, 1.82) is 0 Å². The predicted octanol–water partition coefficient (Wildman–Crippen LogP) is 5.88. The zero-order valence-corrected chi connectivity index (χ0v) is 17.5. The molecule has 1 heterocycles. The van der Waals surface area contributed by atoms with Crippen LogP contribution in [0.3, 0.4) is 0 Å². The third-order valence-corrected chi connectivity index (χ3v) is 5.57. The van der Waals surface area contributed by atoms with Gasteiger partial charge < -0.3 is 10.2 Å². The van der Waals surface area contributed by atoms with Crippen LogP contribution in [-0.2, 0) is 4.79 Å². The summed E-state index contributed by atoms with van der Waals surface area (Å²) in [6.07, 6.45) is 2.90. The van der Waals surface area contributed by atoms with E-state index in [0.29, 0.717) is 40.1 Å². The number of rotatable bonds is 7. The van der Waals surface area contributed by atoms with Crippen molar-refractivity contribution in [2.45, 2.75) is 45.4 Å². The number of fused-ring (bicyclic) bond motifs is 1. The average molecular weight is 432 g/mol. The van der Waals surface area contributed by atoms with E-state index in [4.69, 9.17) is 11.6 Å². The van der Waals surface area contributed by atoms with Crippen molar-refractivity contribution >= 4 is 34.4 Å². The maximum atomic E-state index is 14.2. The number of carbonyl (C=O) groups is 2. The van der Waals surface area contributed by atoms with Crippen molar-refractivity contribution < 1.29 is 24.2 Å². The van der Waals surface area contributed by atoms with Crippen molar-refractivity contribution in [3.05, 3.63) is 64.1 Å². The first kappa shape index (κ1) is 21.8. The monoisotopic (exact) mass is 431 g/mol. The molecule has 1 atom stereocenters. The van der Waals surface area contributed by atoms with E-state index in [9.17, 15) is 24.2 Å². The maximum absolute atomic E-state index is 14.2. The van der Waals surface area contributed by atoms with E-state index in [1.54, 1.807) is 25.1 Å². The van der Waals surface area contributed by atoms with E-state index >= 15 is 0 Å². The van der Waals surface area contributed by atoms with E-state index in [1.165, 1.54) is 16.7 Å². The van der Waals surface area contributed by atoms with Crippen LogP contribution in [0.15, 0.2) is 36.4 Å². The predicted molar refractivity (Wildman–Crippen MR) is 114 cm³/mol. The van der Waals surface area contributed by atoms with Crippen molar-refractivity contribution in [3.8, 4) is 5.75 Å². The molecule has 1 aromatic heterocycles. The van der Waals surface area contributed by atoms with Crippen LogP contribution in [0, 0.1) is 12.7 Å². The molecule has 0 fully saturated rings. The summed E-state index contributed by atoms with van der Waals surface area (Å²) >= 11 is 6.02. The van der Waals surface area contributed by atoms with Gasteiger partial charge in [0.15, 0.2) is 11.6 Å². The number of phenols is 1. The molecule has 2 aromatic carbocycles. The fraction of sp³-hybridized carbons (Fsp3) is 0.304. The number of benzene rings is 2. The van der Waals surface area contributed by atoms with Gasteiger partial charge in [-0.3, -0.25) is 14.2 Å². The summed E-state index contributed by atoms with van der Waals surface area (Å²) in [4.78, 5) is 25.4. The number of carboxylic acids is 1. The third-order valence-electron chi connectivity index (χ3n) is 5.34. The van der Waals surface area contributed by atoms with Gasteiger partial charge in [-0.1, -0.05) is 43.9 Å². The second-order valence-electron chi connectivity index (χ2n) is 7.36. The second-order valence-corrected chi connectivity index (χ2v) is 7.79. The standard InChI is InChI=1S/C23H23ClFNO4/c1-3-4-5-9-16(23(29)30)21-13(2)26(19-12-18(25)20(27)11-17(19)21)22(28)14-7-6-8-15(24)10-14/h6-8,10-12,16,27H,3-5,9H2,1-2H3,(H,29,30)/t16-/m0/s1. The summed E-state index contributed by atoms with van der Waals surface area (Å²) in [5, 5.41) is 20.6. The van der Waals surface area contributed by atoms with Crippen LogP contribution in [0.1, 0.15) is 60.1 Å². The Morgan fingerprint density at radius 2 is 1.93 bits per heavy atom. The zero-order valence-electron chi connectivity index (χ0n) is 16.8. The third kappa shape index (κ3) is 4.05. The molecule has 2 N–H and O–H groups in total. The molecule has 0 aliphatic carbocycles. The van der Waals surface area contributed by atoms with Gasteiger partial charge in [0.2, 0.25) is 0 Å². The summed E-state index contributed by atoms with van der Waals surface area (Å²) in [5.74, 6) is -3.82. The molecular formula is C23H23ClFNO4. The number of aliphatic carboxylic acids is 1. The highest BCUT2D eigenvalue weighted by atomic mass is 35.5. The minimum absolute atomic E-state index is 0.213. The SMILES string of the molecule is CCCCC[C@H](C(=O)O)c1c(C)n(C(=O)c2cccc(Cl)c2)c2cc(F)c(O)cc12. The maximum Gasteiger partial charge on any atom is 0.311 e. The number of halogens is 2. The average Bonchev–Trinajstić information content (AvgIpc) is 2.96. The van der Waals surface area contributed by atoms with E-state index in [0.717, 1.165) is 18.9 Å². The number of hydrogen-bond acceptors (Lipinski definition) is 3. The normalized spacial score (nSPS) is 12.3. The molecule has 0 saturated heterocycles. The van der Waals surface area contributed by atoms with E-state index in [2.05, 4.69) is 0 Å². The molecule has 5 nitrogen and oxygen atoms in total. The summed E-state index contributed by atoms with van der Waals surface area (Å²) in [7, 11) is 0. The molecule has 7 heteroatoms. The van der Waals surface area contributed by atoms with E-state index in [-0.39, 0.29) is 5.52 Å². The topological polar surface area (TPSA) is 79.5 Å². The Hall–Kier alpha value is -2.86. The Bertz CT molecular complexity index is 1120. The molecule has 0 unspecified atom stereocenters. The Morgan fingerprint density at radius 3 is 2.57 bits per heavy atom. The lowest BCUT2D eigenvalue weighted by Crippen LogP contribution is -2.16. The highest BCUT2D eigenvalue weighted by Crippen LogP contribution is 2.38. The number of hydrogen-bond donors (Lipinski definition) is 2. The lowest BCUT2D eigenvalue weighted by molar-refractivity contribution is -0.139. The Morgan fingerprint density at radius 1 is 1.20 bits per heavy atom. The van der Waals surface area contributed by atoms with E-state index < -0.39 is 29.4 Å². The zero-order chi connectivity index (χ0) is 22.0. The molecular weight excluding hydrogens is 409 g/mol. The minimum Gasteiger partial charge on any atom is -0.505 e. The van der Waals surface area contributed by atoms with E-state index in [1.807, 2.05) is 6.92 Å². The fourth-order valence-corrected chi connectivity index (χ4v) is 4.08. The first-order chi connectivity index (χ1) is 14.3. The number of unbranched alkanes of at least 4 members (excludes halogenated alkanes) is 2. The molecule has 0 bridgehead atoms. The smallest absolute Gasteiger partial charge is 0.311 e. The van der Waals surface area contributed by atoms with Gasteiger partial charge in [-0.2, -0.15) is 0 Å². The Balaban J connectivity index is 2.25. The lowest BCUT2D eigenvalue weighted by atomic mass is 9.91. The van der Waals surface area contributed by atoms with Gasteiger partial charge in [-0.05, 0) is 43.2 Å². The van der Waals surface area contributed by atoms with Gasteiger partial charge in [-0.15, -0.1) is 0 Å². The first-order valence-electron chi connectivity index (χ1n) is 9.82. The van der Waals surface area contributed by atoms with Crippen LogP contribution < -0.4 is 0 Å². The van der Waals surface area contributed by atoms with Crippen molar-refractivity contribution in [2.75, 3.05) is 0 Å². The van der Waals surface area contributed by atoms with Crippen LogP contribution in [0.25, 0.3) is 10.9 Å². The number of carbonyl (C=O) groups excluding carboxylic acids is 1. The number of aromatic nitrogens is 1. The molecule has 0 amide bonds. The van der Waals surface area contributed by atoms with Crippen molar-refractivity contribution in [3.63, 3.8) is 0 Å². The molecule has 0 saturated carbocycles. The number of carboxylic acid groups (broad SMARTS) is 1. The van der Waals surface area contributed by atoms with Crippen LogP contribution in [0.4, 0.5) is 4.39 Å². The van der Waals surface area contributed by atoms with Crippen LogP contribution >= 0.6 is 11.6 Å². The minimum atomic E-state index is -1.02. The molecule has 3 aromatic rings. The van der Waals surface area contributed by atoms with Crippen molar-refractivity contribution in [1.82, 2.24) is 4.57 Å². The summed E-state index contributed by atoms with van der Waals surface area (Å²) in [5.41, 5.74) is 1.33. The van der Waals surface area contributed by atoms with Crippen LogP contribution in [0.5, 0.6) is 5.75 Å². The molecule has 3 rings (SSSR count). The van der Waals surface area contributed by atoms with Gasteiger partial charge in [0.25, 0.3) is 5.91 Å². The van der Waals surface area contributed by atoms with Crippen molar-refractivity contribution in [2.24, 2.45) is 0 Å². The molecule has 158 valence electrons. The molecule has 0 radical (unpaired) electrons. The number of aromatic hydroxyl groups is 1. The quantitative estimate of drug-likeness (QED) is 0.457. The molecule has 0 aliphatic heterocycles. The Kier molecular flexibility index (Phi) is 6.46.